The van der Waals surface area contributed by atoms with Crippen LogP contribution in [0.25, 0.3) is 0 Å². The van der Waals surface area contributed by atoms with Crippen molar-refractivity contribution in [1.29, 1.82) is 0 Å². The molecule has 2 unspecified atom stereocenters. The quantitative estimate of drug-likeness (QED) is 0.318. The van der Waals surface area contributed by atoms with E-state index in [9.17, 15) is 13.5 Å². The van der Waals surface area contributed by atoms with E-state index in [0.29, 0.717) is 36.7 Å². The first-order valence-electron chi connectivity index (χ1n) is 13.4. The summed E-state index contributed by atoms with van der Waals surface area (Å²) in [6.45, 7) is 9.94. The molecule has 4 aliphatic rings. The molecule has 4 aliphatic carbocycles. The SMILES string of the molecule is CC(CO)CCCC(C)[C@H]1CC[C@H]2[C@@H]3CC=C4C[C@@H](OS(=O)(=O)O)CC[C@]4(C)[C@H]3CC[C@]12C. The molecule has 0 heterocycles. The summed E-state index contributed by atoms with van der Waals surface area (Å²) in [5, 5.41) is 9.33. The van der Waals surface area contributed by atoms with Crippen LogP contribution < -0.4 is 0 Å². The van der Waals surface area contributed by atoms with E-state index in [4.69, 9.17) is 8.74 Å². The van der Waals surface area contributed by atoms with Crippen LogP contribution >= 0.6 is 0 Å². The molecule has 33 heavy (non-hydrogen) atoms. The maximum atomic E-state index is 11.2. The van der Waals surface area contributed by atoms with Crippen LogP contribution in [0.4, 0.5) is 0 Å². The molecule has 190 valence electrons. The van der Waals surface area contributed by atoms with Gasteiger partial charge >= 0.3 is 10.4 Å². The van der Waals surface area contributed by atoms with Crippen LogP contribution in [0.15, 0.2) is 11.6 Å². The molecule has 0 amide bonds. The molecule has 2 N–H and O–H groups in total. The highest BCUT2D eigenvalue weighted by Crippen LogP contribution is 2.67. The Hall–Kier alpha value is -0.430. The lowest BCUT2D eigenvalue weighted by atomic mass is 9.47. The van der Waals surface area contributed by atoms with Crippen LogP contribution in [0.1, 0.15) is 98.3 Å². The summed E-state index contributed by atoms with van der Waals surface area (Å²) in [6.07, 6.45) is 14.3. The topological polar surface area (TPSA) is 83.8 Å². The van der Waals surface area contributed by atoms with Crippen molar-refractivity contribution in [3.8, 4) is 0 Å². The van der Waals surface area contributed by atoms with Crippen LogP contribution in [0, 0.1) is 46.3 Å². The monoisotopic (exact) mass is 482 g/mol. The van der Waals surface area contributed by atoms with E-state index in [-0.39, 0.29) is 5.41 Å². The lowest BCUT2D eigenvalue weighted by molar-refractivity contribution is -0.0560. The Morgan fingerprint density at radius 1 is 1.09 bits per heavy atom. The summed E-state index contributed by atoms with van der Waals surface area (Å²) in [5.74, 6) is 4.19. The molecular formula is C27H46O5S. The van der Waals surface area contributed by atoms with E-state index in [1.54, 1.807) is 0 Å². The predicted octanol–water partition coefficient (Wildman–Crippen LogP) is 6.19. The fraction of sp³-hybridized carbons (Fsp3) is 0.926. The molecular weight excluding hydrogens is 436 g/mol. The number of aliphatic hydroxyl groups excluding tert-OH is 1. The Kier molecular flexibility index (Phi) is 7.43. The van der Waals surface area contributed by atoms with Gasteiger partial charge in [-0.2, -0.15) is 8.42 Å². The predicted molar refractivity (Wildman–Crippen MR) is 131 cm³/mol. The first-order chi connectivity index (χ1) is 15.5. The van der Waals surface area contributed by atoms with Gasteiger partial charge in [0.1, 0.15) is 0 Å². The average molecular weight is 483 g/mol. The minimum Gasteiger partial charge on any atom is -0.396 e. The second kappa shape index (κ2) is 9.55. The zero-order valence-electron chi connectivity index (χ0n) is 21.1. The van der Waals surface area contributed by atoms with Gasteiger partial charge in [0, 0.05) is 6.61 Å². The molecule has 5 nitrogen and oxygen atoms in total. The number of hydrogen-bond donors (Lipinski definition) is 2. The van der Waals surface area contributed by atoms with Gasteiger partial charge in [-0.05, 0) is 104 Å². The molecule has 0 aromatic carbocycles. The molecule has 0 spiro atoms. The lowest BCUT2D eigenvalue weighted by Crippen LogP contribution is -2.51. The average Bonchev–Trinajstić information content (AvgIpc) is 3.10. The Morgan fingerprint density at radius 3 is 2.55 bits per heavy atom. The molecule has 4 rings (SSSR count). The number of aliphatic hydroxyl groups is 1. The second-order valence-electron chi connectivity index (χ2n) is 12.6. The maximum Gasteiger partial charge on any atom is 0.397 e. The highest BCUT2D eigenvalue weighted by molar-refractivity contribution is 7.80. The fourth-order valence-corrected chi connectivity index (χ4v) is 9.45. The molecule has 3 saturated carbocycles. The van der Waals surface area contributed by atoms with E-state index in [2.05, 4.69) is 33.8 Å². The maximum absolute atomic E-state index is 11.2. The molecule has 3 fully saturated rings. The molecule has 0 radical (unpaired) electrons. The van der Waals surface area contributed by atoms with E-state index in [0.717, 1.165) is 42.9 Å². The standard InChI is InChI=1S/C27H46O5S/c1-18(17-28)6-5-7-19(2)23-10-11-24-22-9-8-20-16-21(32-33(29,30)31)12-14-26(20,3)25(22)13-15-27(23,24)4/h8,18-19,21-25,28H,5-7,9-17H2,1-4H3,(H,29,30,31)/t18?,19?,21-,22-,23+,24-,25-,26-,27+/m0/s1. The zero-order valence-corrected chi connectivity index (χ0v) is 21.9. The van der Waals surface area contributed by atoms with Gasteiger partial charge < -0.3 is 5.11 Å². The largest absolute Gasteiger partial charge is 0.397 e. The number of fused-ring (bicyclic) bond motifs is 5. The number of rotatable bonds is 8. The van der Waals surface area contributed by atoms with Crippen molar-refractivity contribution in [1.82, 2.24) is 0 Å². The van der Waals surface area contributed by atoms with Gasteiger partial charge in [0.25, 0.3) is 0 Å². The van der Waals surface area contributed by atoms with Crippen molar-refractivity contribution in [2.75, 3.05) is 6.61 Å². The van der Waals surface area contributed by atoms with Gasteiger partial charge in [-0.15, -0.1) is 0 Å². The fourth-order valence-electron chi connectivity index (χ4n) is 8.94. The molecule has 0 aliphatic heterocycles. The lowest BCUT2D eigenvalue weighted by Gasteiger charge is -2.58. The summed E-state index contributed by atoms with van der Waals surface area (Å²) < 4.78 is 36.6. The van der Waals surface area contributed by atoms with E-state index in [1.165, 1.54) is 44.1 Å². The third-order valence-corrected chi connectivity index (χ3v) is 11.3. The third kappa shape index (κ3) is 4.96. The zero-order chi connectivity index (χ0) is 24.0. The summed E-state index contributed by atoms with van der Waals surface area (Å²) >= 11 is 0. The first kappa shape index (κ1) is 25.7. The normalized spacial score (nSPS) is 42.6. The Labute approximate surface area is 201 Å². The number of hydrogen-bond acceptors (Lipinski definition) is 4. The Morgan fingerprint density at radius 2 is 1.85 bits per heavy atom. The van der Waals surface area contributed by atoms with Gasteiger partial charge in [0.15, 0.2) is 0 Å². The van der Waals surface area contributed by atoms with E-state index in [1.807, 2.05) is 0 Å². The van der Waals surface area contributed by atoms with Crippen molar-refractivity contribution in [3.63, 3.8) is 0 Å². The van der Waals surface area contributed by atoms with Crippen LogP contribution in [-0.2, 0) is 14.6 Å². The van der Waals surface area contributed by atoms with E-state index >= 15 is 0 Å². The molecule has 0 saturated heterocycles. The summed E-state index contributed by atoms with van der Waals surface area (Å²) in [5.41, 5.74) is 1.96. The highest BCUT2D eigenvalue weighted by Gasteiger charge is 2.59. The van der Waals surface area contributed by atoms with Crippen molar-refractivity contribution in [2.45, 2.75) is 104 Å². The Balaban J connectivity index is 1.45. The van der Waals surface area contributed by atoms with E-state index < -0.39 is 16.5 Å². The van der Waals surface area contributed by atoms with Crippen LogP contribution in [0.2, 0.25) is 0 Å². The van der Waals surface area contributed by atoms with Crippen molar-refractivity contribution in [2.24, 2.45) is 46.3 Å². The van der Waals surface area contributed by atoms with Crippen molar-refractivity contribution >= 4 is 10.4 Å². The molecule has 9 atom stereocenters. The minimum atomic E-state index is -4.39. The highest BCUT2D eigenvalue weighted by atomic mass is 32.3. The van der Waals surface area contributed by atoms with Crippen LogP contribution in [0.5, 0.6) is 0 Å². The number of allylic oxidation sites excluding steroid dienone is 1. The van der Waals surface area contributed by atoms with Gasteiger partial charge in [-0.1, -0.05) is 52.2 Å². The molecule has 0 bridgehead atoms. The Bertz CT molecular complexity index is 837. The molecule has 0 aromatic rings. The van der Waals surface area contributed by atoms with Gasteiger partial charge in [-0.25, -0.2) is 4.18 Å². The molecule has 0 aromatic heterocycles. The van der Waals surface area contributed by atoms with Gasteiger partial charge in [-0.3, -0.25) is 4.55 Å². The van der Waals surface area contributed by atoms with Gasteiger partial charge in [0.05, 0.1) is 6.10 Å². The smallest absolute Gasteiger partial charge is 0.396 e. The minimum absolute atomic E-state index is 0.146. The van der Waals surface area contributed by atoms with Crippen LogP contribution in [-0.4, -0.2) is 30.8 Å². The van der Waals surface area contributed by atoms with Gasteiger partial charge in [0.2, 0.25) is 0 Å². The second-order valence-corrected chi connectivity index (χ2v) is 13.6. The first-order valence-corrected chi connectivity index (χ1v) is 14.8. The van der Waals surface area contributed by atoms with Crippen molar-refractivity contribution < 1.29 is 22.3 Å². The summed E-state index contributed by atoms with van der Waals surface area (Å²) in [7, 11) is -4.39. The van der Waals surface area contributed by atoms with Crippen LogP contribution in [0.3, 0.4) is 0 Å². The van der Waals surface area contributed by atoms with Crippen molar-refractivity contribution in [3.05, 3.63) is 11.6 Å². The summed E-state index contributed by atoms with van der Waals surface area (Å²) in [6, 6.07) is 0. The summed E-state index contributed by atoms with van der Waals surface area (Å²) in [4.78, 5) is 0. The third-order valence-electron chi connectivity index (χ3n) is 10.7. The molecule has 6 heteroatoms.